The van der Waals surface area contributed by atoms with Gasteiger partial charge in [-0.3, -0.25) is 9.78 Å². The highest BCUT2D eigenvalue weighted by molar-refractivity contribution is 7.14. The molecule has 0 atom stereocenters. The zero-order valence-electron chi connectivity index (χ0n) is 11.3. The number of nitrogens with zero attached hydrogens (tertiary/aromatic N) is 1. The first kappa shape index (κ1) is 13.7. The first-order valence-corrected chi connectivity index (χ1v) is 7.28. The molecule has 0 aliphatic carbocycles. The molecular weight excluding hydrogens is 256 g/mol. The first-order valence-electron chi connectivity index (χ1n) is 6.47. The molecule has 4 heteroatoms. The van der Waals surface area contributed by atoms with E-state index in [2.05, 4.69) is 24.1 Å². The molecule has 0 aliphatic heterocycles. The SMILES string of the molecule is CCc1sc(C(=O)NCCc2cccnc2)cc1C. The number of carbonyl (C=O) groups excluding carboxylic acids is 1. The van der Waals surface area contributed by atoms with Crippen molar-refractivity contribution in [1.82, 2.24) is 10.3 Å². The third kappa shape index (κ3) is 3.64. The Morgan fingerprint density at radius 3 is 2.95 bits per heavy atom. The molecule has 3 nitrogen and oxygen atoms in total. The van der Waals surface area contributed by atoms with Gasteiger partial charge in [-0.2, -0.15) is 0 Å². The van der Waals surface area contributed by atoms with Gasteiger partial charge in [0, 0.05) is 23.8 Å². The summed E-state index contributed by atoms with van der Waals surface area (Å²) in [6.07, 6.45) is 5.38. The molecule has 2 aromatic rings. The van der Waals surface area contributed by atoms with E-state index >= 15 is 0 Å². The van der Waals surface area contributed by atoms with Crippen LogP contribution in [0, 0.1) is 6.92 Å². The molecule has 0 saturated carbocycles. The predicted octanol–water partition coefficient (Wildman–Crippen LogP) is 2.99. The van der Waals surface area contributed by atoms with Gasteiger partial charge in [0.1, 0.15) is 0 Å². The normalized spacial score (nSPS) is 10.4. The van der Waals surface area contributed by atoms with Crippen molar-refractivity contribution in [2.75, 3.05) is 6.54 Å². The van der Waals surface area contributed by atoms with Gasteiger partial charge in [0.15, 0.2) is 0 Å². The van der Waals surface area contributed by atoms with Gasteiger partial charge < -0.3 is 5.32 Å². The van der Waals surface area contributed by atoms with Crippen molar-refractivity contribution in [3.05, 3.63) is 51.5 Å². The number of pyridine rings is 1. The van der Waals surface area contributed by atoms with Crippen LogP contribution >= 0.6 is 11.3 Å². The molecule has 0 aromatic carbocycles. The standard InChI is InChI=1S/C15H18N2OS/c1-3-13-11(2)9-14(19-13)15(18)17-8-6-12-5-4-7-16-10-12/h4-5,7,9-10H,3,6,8H2,1-2H3,(H,17,18). The molecule has 0 spiro atoms. The van der Waals surface area contributed by atoms with Gasteiger partial charge in [-0.1, -0.05) is 13.0 Å². The Balaban J connectivity index is 1.87. The van der Waals surface area contributed by atoms with E-state index in [0.717, 1.165) is 23.3 Å². The minimum absolute atomic E-state index is 0.0247. The predicted molar refractivity (Wildman–Crippen MR) is 78.7 cm³/mol. The Kier molecular flexibility index (Phi) is 4.68. The first-order chi connectivity index (χ1) is 9.20. The fourth-order valence-corrected chi connectivity index (χ4v) is 2.97. The summed E-state index contributed by atoms with van der Waals surface area (Å²) in [6.45, 7) is 4.81. The van der Waals surface area contributed by atoms with Crippen molar-refractivity contribution in [3.63, 3.8) is 0 Å². The number of carbonyl (C=O) groups is 1. The minimum Gasteiger partial charge on any atom is -0.351 e. The Morgan fingerprint density at radius 2 is 2.32 bits per heavy atom. The van der Waals surface area contributed by atoms with Crippen LogP contribution in [0.25, 0.3) is 0 Å². The molecule has 0 bridgehead atoms. The van der Waals surface area contributed by atoms with Gasteiger partial charge in [-0.15, -0.1) is 11.3 Å². The second-order valence-corrected chi connectivity index (χ2v) is 5.57. The molecule has 0 saturated heterocycles. The van der Waals surface area contributed by atoms with Crippen molar-refractivity contribution in [2.24, 2.45) is 0 Å². The van der Waals surface area contributed by atoms with Gasteiger partial charge in [0.05, 0.1) is 4.88 Å². The zero-order valence-corrected chi connectivity index (χ0v) is 12.1. The van der Waals surface area contributed by atoms with Crippen LogP contribution in [0.1, 0.15) is 32.6 Å². The topological polar surface area (TPSA) is 42.0 Å². The maximum Gasteiger partial charge on any atom is 0.261 e. The van der Waals surface area contributed by atoms with Crippen LogP contribution in [0.5, 0.6) is 0 Å². The second-order valence-electron chi connectivity index (χ2n) is 4.44. The lowest BCUT2D eigenvalue weighted by Crippen LogP contribution is -2.24. The zero-order chi connectivity index (χ0) is 13.7. The lowest BCUT2D eigenvalue weighted by molar-refractivity contribution is 0.0958. The number of hydrogen-bond donors (Lipinski definition) is 1. The number of rotatable bonds is 5. The van der Waals surface area contributed by atoms with Crippen LogP contribution in [0.3, 0.4) is 0 Å². The van der Waals surface area contributed by atoms with E-state index in [9.17, 15) is 4.79 Å². The maximum absolute atomic E-state index is 12.0. The van der Waals surface area contributed by atoms with E-state index < -0.39 is 0 Å². The highest BCUT2D eigenvalue weighted by Crippen LogP contribution is 2.22. The highest BCUT2D eigenvalue weighted by Gasteiger charge is 2.10. The van der Waals surface area contributed by atoms with E-state index in [-0.39, 0.29) is 5.91 Å². The summed E-state index contributed by atoms with van der Waals surface area (Å²) < 4.78 is 0. The minimum atomic E-state index is 0.0247. The molecule has 0 aliphatic rings. The third-order valence-corrected chi connectivity index (χ3v) is 4.37. The average molecular weight is 274 g/mol. The second kappa shape index (κ2) is 6.48. The Hall–Kier alpha value is -1.68. The number of amides is 1. The lowest BCUT2D eigenvalue weighted by Gasteiger charge is -2.03. The van der Waals surface area contributed by atoms with Crippen LogP contribution < -0.4 is 5.32 Å². The van der Waals surface area contributed by atoms with Crippen molar-refractivity contribution in [2.45, 2.75) is 26.7 Å². The molecule has 2 rings (SSSR count). The van der Waals surface area contributed by atoms with Crippen LogP contribution in [-0.4, -0.2) is 17.4 Å². The van der Waals surface area contributed by atoms with Gasteiger partial charge in [0.25, 0.3) is 5.91 Å². The van der Waals surface area contributed by atoms with Gasteiger partial charge in [-0.05, 0) is 43.0 Å². The molecule has 0 radical (unpaired) electrons. The fourth-order valence-electron chi connectivity index (χ4n) is 1.94. The van der Waals surface area contributed by atoms with E-state index in [4.69, 9.17) is 0 Å². The smallest absolute Gasteiger partial charge is 0.261 e. The van der Waals surface area contributed by atoms with Crippen molar-refractivity contribution < 1.29 is 4.79 Å². The molecule has 1 amide bonds. The Labute approximate surface area is 117 Å². The summed E-state index contributed by atoms with van der Waals surface area (Å²) in [5, 5.41) is 2.96. The number of aryl methyl sites for hydroxylation is 2. The largest absolute Gasteiger partial charge is 0.351 e. The van der Waals surface area contributed by atoms with Gasteiger partial charge in [-0.25, -0.2) is 0 Å². The van der Waals surface area contributed by atoms with Gasteiger partial charge >= 0.3 is 0 Å². The van der Waals surface area contributed by atoms with E-state index in [1.165, 1.54) is 10.4 Å². The van der Waals surface area contributed by atoms with Crippen LogP contribution in [0.2, 0.25) is 0 Å². The molecule has 100 valence electrons. The van der Waals surface area contributed by atoms with E-state index in [1.54, 1.807) is 17.5 Å². The van der Waals surface area contributed by atoms with Crippen LogP contribution in [0.15, 0.2) is 30.6 Å². The van der Waals surface area contributed by atoms with Crippen LogP contribution in [0.4, 0.5) is 0 Å². The maximum atomic E-state index is 12.0. The summed E-state index contributed by atoms with van der Waals surface area (Å²) >= 11 is 1.59. The molecule has 19 heavy (non-hydrogen) atoms. The molecule has 0 fully saturated rings. The van der Waals surface area contributed by atoms with Crippen molar-refractivity contribution >= 4 is 17.2 Å². The summed E-state index contributed by atoms with van der Waals surface area (Å²) in [6, 6.07) is 5.90. The molecule has 0 unspecified atom stereocenters. The quantitative estimate of drug-likeness (QED) is 0.910. The van der Waals surface area contributed by atoms with E-state index in [0.29, 0.717) is 6.54 Å². The third-order valence-electron chi connectivity index (χ3n) is 2.99. The monoisotopic (exact) mass is 274 g/mol. The number of hydrogen-bond acceptors (Lipinski definition) is 3. The summed E-state index contributed by atoms with van der Waals surface area (Å²) in [5.74, 6) is 0.0247. The number of thiophene rings is 1. The summed E-state index contributed by atoms with van der Waals surface area (Å²) in [7, 11) is 0. The number of nitrogens with one attached hydrogen (secondary N) is 1. The summed E-state index contributed by atoms with van der Waals surface area (Å²) in [5.41, 5.74) is 2.35. The lowest BCUT2D eigenvalue weighted by atomic mass is 10.2. The average Bonchev–Trinajstić information content (AvgIpc) is 2.81. The molecular formula is C15H18N2OS. The van der Waals surface area contributed by atoms with Crippen molar-refractivity contribution in [1.29, 1.82) is 0 Å². The fraction of sp³-hybridized carbons (Fsp3) is 0.333. The number of aromatic nitrogens is 1. The summed E-state index contributed by atoms with van der Waals surface area (Å²) in [4.78, 5) is 18.2. The molecule has 2 heterocycles. The molecule has 1 N–H and O–H groups in total. The van der Waals surface area contributed by atoms with Gasteiger partial charge in [0.2, 0.25) is 0 Å². The van der Waals surface area contributed by atoms with E-state index in [1.807, 2.05) is 24.4 Å². The molecule has 2 aromatic heterocycles. The highest BCUT2D eigenvalue weighted by atomic mass is 32.1. The Bertz CT molecular complexity index is 549. The Morgan fingerprint density at radius 1 is 1.47 bits per heavy atom. The van der Waals surface area contributed by atoms with Crippen LogP contribution in [-0.2, 0) is 12.8 Å². The van der Waals surface area contributed by atoms with Crippen molar-refractivity contribution in [3.8, 4) is 0 Å².